The number of carbonyl (C=O) groups is 4. The van der Waals surface area contributed by atoms with Crippen molar-refractivity contribution in [1.82, 2.24) is 0 Å². The zero-order valence-electron chi connectivity index (χ0n) is 7.69. The van der Waals surface area contributed by atoms with E-state index in [4.69, 9.17) is 20.4 Å². The molecule has 1 unspecified atom stereocenters. The molecule has 0 rings (SSSR count). The second-order valence-corrected chi connectivity index (χ2v) is 2.61. The zero-order valence-corrected chi connectivity index (χ0v) is 7.69. The Bertz CT molecular complexity index is 306. The molecule has 0 aliphatic carbocycles. The molecule has 0 spiro atoms. The molecule has 9 heteroatoms. The van der Waals surface area contributed by atoms with Gasteiger partial charge in [0, 0.05) is 0 Å². The van der Waals surface area contributed by atoms with Crippen LogP contribution in [0, 0.1) is 0 Å². The molecule has 0 aromatic heterocycles. The summed E-state index contributed by atoms with van der Waals surface area (Å²) in [7, 11) is 0. The lowest BCUT2D eigenvalue weighted by Crippen LogP contribution is -2.38. The predicted octanol–water partition coefficient (Wildman–Crippen LogP) is -2.10. The molecule has 90 valence electrons. The Morgan fingerprint density at radius 2 is 1.44 bits per heavy atom. The molecule has 0 bridgehead atoms. The Kier molecular flexibility index (Phi) is 4.89. The average molecular weight is 236 g/mol. The van der Waals surface area contributed by atoms with Crippen LogP contribution in [-0.2, 0) is 23.9 Å². The van der Waals surface area contributed by atoms with Crippen LogP contribution in [0.2, 0.25) is 0 Å². The van der Waals surface area contributed by atoms with E-state index in [0.717, 1.165) is 0 Å². The third kappa shape index (κ3) is 4.37. The molecule has 0 fully saturated rings. The quantitative estimate of drug-likeness (QED) is 0.299. The van der Waals surface area contributed by atoms with Crippen LogP contribution in [0.1, 0.15) is 6.42 Å². The van der Waals surface area contributed by atoms with E-state index in [1.807, 2.05) is 0 Å². The molecule has 0 heterocycles. The molecule has 0 saturated carbocycles. The smallest absolute Gasteiger partial charge is 0.356 e. The second kappa shape index (κ2) is 5.66. The monoisotopic (exact) mass is 236 g/mol. The van der Waals surface area contributed by atoms with E-state index >= 15 is 0 Å². The van der Waals surface area contributed by atoms with Gasteiger partial charge in [0.25, 0.3) is 6.10 Å². The SMILES string of the molecule is O=C(O)CC(O)C(=O)OC(C(=O)O)C(=O)O. The van der Waals surface area contributed by atoms with Gasteiger partial charge in [0.15, 0.2) is 6.10 Å². The van der Waals surface area contributed by atoms with Gasteiger partial charge in [-0.1, -0.05) is 0 Å². The molecule has 0 aromatic carbocycles. The Morgan fingerprint density at radius 3 is 1.75 bits per heavy atom. The topological polar surface area (TPSA) is 158 Å². The average Bonchev–Trinajstić information content (AvgIpc) is 2.11. The minimum Gasteiger partial charge on any atom is -0.481 e. The highest BCUT2D eigenvalue weighted by Gasteiger charge is 2.33. The van der Waals surface area contributed by atoms with Crippen molar-refractivity contribution in [2.75, 3.05) is 0 Å². The van der Waals surface area contributed by atoms with Crippen molar-refractivity contribution in [1.29, 1.82) is 0 Å². The Labute approximate surface area is 87.9 Å². The molecule has 9 nitrogen and oxygen atoms in total. The first-order valence-corrected chi connectivity index (χ1v) is 3.81. The van der Waals surface area contributed by atoms with Crippen molar-refractivity contribution in [3.63, 3.8) is 0 Å². The van der Waals surface area contributed by atoms with Gasteiger partial charge in [0.05, 0.1) is 6.42 Å². The molecule has 1 atom stereocenters. The first-order valence-electron chi connectivity index (χ1n) is 3.81. The van der Waals surface area contributed by atoms with E-state index < -0.39 is 42.5 Å². The first-order chi connectivity index (χ1) is 7.25. The van der Waals surface area contributed by atoms with Crippen LogP contribution in [0.3, 0.4) is 0 Å². The van der Waals surface area contributed by atoms with E-state index in [9.17, 15) is 19.2 Å². The Hall–Kier alpha value is -2.16. The third-order valence-electron chi connectivity index (χ3n) is 1.32. The number of aliphatic hydroxyl groups is 1. The number of carboxylic acids is 3. The van der Waals surface area contributed by atoms with Gasteiger partial charge in [0.2, 0.25) is 0 Å². The number of hydrogen-bond donors (Lipinski definition) is 4. The molecule has 0 saturated heterocycles. The second-order valence-electron chi connectivity index (χ2n) is 2.61. The van der Waals surface area contributed by atoms with Crippen LogP contribution >= 0.6 is 0 Å². The number of aliphatic carboxylic acids is 3. The summed E-state index contributed by atoms with van der Waals surface area (Å²) < 4.78 is 3.88. The molecule has 0 radical (unpaired) electrons. The standard InChI is InChI=1S/C7H8O9/c8-2(1-3(9)10)7(15)16-4(5(11)12)6(13)14/h2,4,8H,1H2,(H,9,10)(H,11,12)(H,13,14). The maximum atomic E-state index is 10.8. The highest BCUT2D eigenvalue weighted by molar-refractivity contribution is 5.98. The highest BCUT2D eigenvalue weighted by Crippen LogP contribution is 2.00. The summed E-state index contributed by atoms with van der Waals surface area (Å²) in [5, 5.41) is 33.6. The van der Waals surface area contributed by atoms with E-state index in [0.29, 0.717) is 0 Å². The van der Waals surface area contributed by atoms with Gasteiger partial charge >= 0.3 is 23.9 Å². The van der Waals surface area contributed by atoms with Crippen molar-refractivity contribution >= 4 is 23.9 Å². The number of carboxylic acid groups (broad SMARTS) is 3. The number of carbonyl (C=O) groups excluding carboxylic acids is 1. The van der Waals surface area contributed by atoms with Gasteiger partial charge in [-0.15, -0.1) is 0 Å². The fourth-order valence-corrected chi connectivity index (χ4v) is 0.650. The predicted molar refractivity (Wildman–Crippen MR) is 43.4 cm³/mol. The van der Waals surface area contributed by atoms with Crippen LogP contribution in [0.25, 0.3) is 0 Å². The van der Waals surface area contributed by atoms with E-state index in [1.165, 1.54) is 0 Å². The maximum Gasteiger partial charge on any atom is 0.356 e. The van der Waals surface area contributed by atoms with Crippen molar-refractivity contribution in [3.8, 4) is 0 Å². The Balaban J connectivity index is 4.46. The van der Waals surface area contributed by atoms with Crippen molar-refractivity contribution in [3.05, 3.63) is 0 Å². The van der Waals surface area contributed by atoms with E-state index in [2.05, 4.69) is 4.74 Å². The number of esters is 1. The lowest BCUT2D eigenvalue weighted by molar-refractivity contribution is -0.179. The van der Waals surface area contributed by atoms with E-state index in [1.54, 1.807) is 0 Å². The normalized spacial score (nSPS) is 11.9. The van der Waals surface area contributed by atoms with Gasteiger partial charge in [-0.3, -0.25) is 4.79 Å². The van der Waals surface area contributed by atoms with Crippen molar-refractivity contribution in [2.24, 2.45) is 0 Å². The number of aliphatic hydroxyl groups excluding tert-OH is 1. The van der Waals surface area contributed by atoms with Crippen LogP contribution in [0.4, 0.5) is 0 Å². The summed E-state index contributed by atoms with van der Waals surface area (Å²) in [5.41, 5.74) is 0. The molecular formula is C7H8O9. The van der Waals surface area contributed by atoms with Crippen LogP contribution in [0.5, 0.6) is 0 Å². The van der Waals surface area contributed by atoms with Crippen LogP contribution < -0.4 is 0 Å². The molecule has 0 aliphatic rings. The number of ether oxygens (including phenoxy) is 1. The third-order valence-corrected chi connectivity index (χ3v) is 1.32. The van der Waals surface area contributed by atoms with Crippen molar-refractivity contribution < 1.29 is 44.3 Å². The van der Waals surface area contributed by atoms with Gasteiger partial charge in [-0.2, -0.15) is 0 Å². The minimum absolute atomic E-state index is 1.01. The molecular weight excluding hydrogens is 228 g/mol. The summed E-state index contributed by atoms with van der Waals surface area (Å²) in [4.78, 5) is 41.4. The first kappa shape index (κ1) is 13.8. The lowest BCUT2D eigenvalue weighted by Gasteiger charge is -2.11. The van der Waals surface area contributed by atoms with Gasteiger partial charge < -0.3 is 25.2 Å². The summed E-state index contributed by atoms with van der Waals surface area (Å²) in [5.74, 6) is -7.03. The summed E-state index contributed by atoms with van der Waals surface area (Å²) >= 11 is 0. The molecule has 4 N–H and O–H groups in total. The molecule has 16 heavy (non-hydrogen) atoms. The molecule has 0 aromatic rings. The maximum absolute atomic E-state index is 10.8. The van der Waals surface area contributed by atoms with Gasteiger partial charge in [-0.05, 0) is 0 Å². The van der Waals surface area contributed by atoms with E-state index in [-0.39, 0.29) is 0 Å². The van der Waals surface area contributed by atoms with Crippen LogP contribution in [0.15, 0.2) is 0 Å². The fraction of sp³-hybridized carbons (Fsp3) is 0.429. The van der Waals surface area contributed by atoms with Crippen LogP contribution in [-0.4, -0.2) is 56.5 Å². The molecule has 0 amide bonds. The number of hydrogen-bond acceptors (Lipinski definition) is 6. The Morgan fingerprint density at radius 1 is 1.00 bits per heavy atom. The lowest BCUT2D eigenvalue weighted by atomic mass is 10.2. The summed E-state index contributed by atoms with van der Waals surface area (Å²) in [6.45, 7) is 0. The van der Waals surface area contributed by atoms with Crippen molar-refractivity contribution in [2.45, 2.75) is 18.6 Å². The highest BCUT2D eigenvalue weighted by atomic mass is 16.6. The summed E-state index contributed by atoms with van der Waals surface area (Å²) in [6, 6.07) is 0. The van der Waals surface area contributed by atoms with Gasteiger partial charge in [-0.25, -0.2) is 14.4 Å². The minimum atomic E-state index is -2.48. The molecule has 0 aliphatic heterocycles. The zero-order chi connectivity index (χ0) is 12.9. The summed E-state index contributed by atoms with van der Waals surface area (Å²) in [6.07, 6.45) is -5.60. The fourth-order valence-electron chi connectivity index (χ4n) is 0.650. The van der Waals surface area contributed by atoms with Gasteiger partial charge in [0.1, 0.15) is 0 Å². The number of rotatable bonds is 6. The largest absolute Gasteiger partial charge is 0.481 e.